The second-order valence-corrected chi connectivity index (χ2v) is 12.4. The standard InChI is InChI=1S/C28H22Cl2FN3O5S/c29-17-2-1-3-18(30)21(17)24-22(25(39-33-24)12-4-5-12)27(37)38-16-10-14-6-7-15(11-16)34(14)28-32-23-19(31)8-13(26(35)36)9-20(23)40-28/h1-3,8-9,12,14-16H,4-7,10-11H2,(H,35,36)/t14-,15+,16+. The van der Waals surface area contributed by atoms with Crippen molar-refractivity contribution in [2.24, 2.45) is 0 Å². The Hall–Kier alpha value is -3.21. The van der Waals surface area contributed by atoms with Crippen molar-refractivity contribution in [3.8, 4) is 11.3 Å². The van der Waals surface area contributed by atoms with E-state index in [0.717, 1.165) is 31.7 Å². The number of halogens is 3. The molecule has 0 radical (unpaired) electrons. The Bertz CT molecular complexity index is 1650. The zero-order valence-corrected chi connectivity index (χ0v) is 23.2. The molecule has 1 aliphatic carbocycles. The first-order chi connectivity index (χ1) is 19.3. The number of esters is 1. The molecule has 4 heterocycles. The van der Waals surface area contributed by atoms with Gasteiger partial charge in [0, 0.05) is 36.4 Å². The second-order valence-electron chi connectivity index (χ2n) is 10.5. The molecule has 1 saturated carbocycles. The Morgan fingerprint density at radius 3 is 2.45 bits per heavy atom. The normalized spacial score (nSPS) is 22.2. The molecule has 4 aromatic rings. The van der Waals surface area contributed by atoms with E-state index in [1.165, 1.54) is 17.4 Å². The minimum atomic E-state index is -1.18. The predicted molar refractivity (Wildman–Crippen MR) is 148 cm³/mol. The maximum Gasteiger partial charge on any atom is 0.344 e. The van der Waals surface area contributed by atoms with Gasteiger partial charge >= 0.3 is 11.9 Å². The van der Waals surface area contributed by atoms with Crippen molar-refractivity contribution in [1.29, 1.82) is 0 Å². The van der Waals surface area contributed by atoms with Gasteiger partial charge in [-0.2, -0.15) is 0 Å². The number of thiazole rings is 1. The minimum Gasteiger partial charge on any atom is -0.478 e. The van der Waals surface area contributed by atoms with Crippen molar-refractivity contribution < 1.29 is 28.3 Å². The van der Waals surface area contributed by atoms with E-state index >= 15 is 0 Å². The lowest BCUT2D eigenvalue weighted by Gasteiger charge is -2.38. The molecule has 2 bridgehead atoms. The van der Waals surface area contributed by atoms with Crippen molar-refractivity contribution in [2.75, 3.05) is 4.90 Å². The highest BCUT2D eigenvalue weighted by atomic mass is 35.5. The molecule has 3 aliphatic rings. The summed E-state index contributed by atoms with van der Waals surface area (Å²) in [5.41, 5.74) is 1.08. The number of aromatic nitrogens is 2. The lowest BCUT2D eigenvalue weighted by atomic mass is 9.99. The summed E-state index contributed by atoms with van der Waals surface area (Å²) in [4.78, 5) is 31.7. The lowest BCUT2D eigenvalue weighted by Crippen LogP contribution is -2.46. The maximum absolute atomic E-state index is 14.6. The number of benzene rings is 2. The van der Waals surface area contributed by atoms with Crippen LogP contribution in [0, 0.1) is 5.82 Å². The van der Waals surface area contributed by atoms with Gasteiger partial charge in [-0.15, -0.1) is 0 Å². The number of carbonyl (C=O) groups excluding carboxylic acids is 1. The maximum atomic E-state index is 14.6. The molecule has 2 aliphatic heterocycles. The summed E-state index contributed by atoms with van der Waals surface area (Å²) in [6.45, 7) is 0. The van der Waals surface area contributed by atoms with Crippen LogP contribution in [-0.2, 0) is 4.74 Å². The Kier molecular flexibility index (Phi) is 6.25. The number of hydrogen-bond acceptors (Lipinski definition) is 8. The van der Waals surface area contributed by atoms with Gasteiger partial charge in [-0.05, 0) is 49.9 Å². The molecule has 206 valence electrons. The van der Waals surface area contributed by atoms with Crippen LogP contribution < -0.4 is 4.90 Å². The Balaban J connectivity index is 1.14. The van der Waals surface area contributed by atoms with E-state index in [1.54, 1.807) is 18.2 Å². The molecular weight excluding hydrogens is 580 g/mol. The molecule has 1 N–H and O–H groups in total. The third kappa shape index (κ3) is 4.33. The Morgan fingerprint density at radius 1 is 1.10 bits per heavy atom. The summed E-state index contributed by atoms with van der Waals surface area (Å²) in [7, 11) is 0. The number of nitrogens with zero attached hydrogens (tertiary/aromatic N) is 3. The molecule has 40 heavy (non-hydrogen) atoms. The summed E-state index contributed by atoms with van der Waals surface area (Å²) in [5, 5.41) is 14.9. The average molecular weight is 602 g/mol. The van der Waals surface area contributed by atoms with Gasteiger partial charge in [0.05, 0.1) is 20.3 Å². The van der Waals surface area contributed by atoms with E-state index in [1.807, 2.05) is 0 Å². The van der Waals surface area contributed by atoms with E-state index in [0.29, 0.717) is 49.7 Å². The topological polar surface area (TPSA) is 106 Å². The van der Waals surface area contributed by atoms with Gasteiger partial charge < -0.3 is 19.3 Å². The third-order valence-corrected chi connectivity index (χ3v) is 9.58. The quantitative estimate of drug-likeness (QED) is 0.229. The van der Waals surface area contributed by atoms with E-state index in [-0.39, 0.29) is 40.7 Å². The van der Waals surface area contributed by atoms with Crippen LogP contribution in [0.2, 0.25) is 10.0 Å². The second kappa shape index (κ2) is 9.71. The molecule has 2 saturated heterocycles. The monoisotopic (exact) mass is 601 g/mol. The molecule has 3 atom stereocenters. The van der Waals surface area contributed by atoms with Crippen LogP contribution in [0.5, 0.6) is 0 Å². The summed E-state index contributed by atoms with van der Waals surface area (Å²) in [5.74, 6) is -1.72. The van der Waals surface area contributed by atoms with Crippen LogP contribution in [0.1, 0.15) is 70.9 Å². The van der Waals surface area contributed by atoms with Gasteiger partial charge in [-0.25, -0.2) is 19.0 Å². The average Bonchev–Trinajstić information content (AvgIpc) is 3.41. The molecule has 2 aromatic carbocycles. The number of anilines is 1. The smallest absolute Gasteiger partial charge is 0.344 e. The number of fused-ring (bicyclic) bond motifs is 3. The summed E-state index contributed by atoms with van der Waals surface area (Å²) in [6.07, 6.45) is 4.44. The highest BCUT2D eigenvalue weighted by molar-refractivity contribution is 7.22. The van der Waals surface area contributed by atoms with Gasteiger partial charge in [-0.1, -0.05) is 45.8 Å². The molecule has 0 amide bonds. The first-order valence-corrected chi connectivity index (χ1v) is 14.6. The van der Waals surface area contributed by atoms with E-state index in [9.17, 15) is 19.1 Å². The van der Waals surface area contributed by atoms with Gasteiger partial charge in [0.1, 0.15) is 22.9 Å². The first kappa shape index (κ1) is 25.7. The number of carbonyl (C=O) groups is 2. The number of rotatable bonds is 6. The predicted octanol–water partition coefficient (Wildman–Crippen LogP) is 7.33. The SMILES string of the molecule is O=C(O)c1cc(F)c2nc(N3[C@@H]4CC[C@H]3C[C@@H](OC(=O)c3c(-c5c(Cl)cccc5Cl)noc3C3CC3)C4)sc2c1. The number of hydrogen-bond donors (Lipinski definition) is 1. The summed E-state index contributed by atoms with van der Waals surface area (Å²) >= 11 is 14.2. The molecule has 7 rings (SSSR count). The van der Waals surface area contributed by atoms with E-state index < -0.39 is 17.8 Å². The van der Waals surface area contributed by atoms with Crippen LogP contribution in [0.3, 0.4) is 0 Å². The van der Waals surface area contributed by atoms with Gasteiger partial charge in [-0.3, -0.25) is 0 Å². The number of ether oxygens (including phenoxy) is 1. The molecule has 3 fully saturated rings. The lowest BCUT2D eigenvalue weighted by molar-refractivity contribution is 0.0202. The van der Waals surface area contributed by atoms with Crippen LogP contribution in [-0.4, -0.2) is 45.4 Å². The molecular formula is C28H22Cl2FN3O5S. The van der Waals surface area contributed by atoms with Crippen molar-refractivity contribution in [1.82, 2.24) is 10.1 Å². The van der Waals surface area contributed by atoms with Crippen LogP contribution in [0.4, 0.5) is 9.52 Å². The highest BCUT2D eigenvalue weighted by Crippen LogP contribution is 2.47. The molecule has 12 heteroatoms. The largest absolute Gasteiger partial charge is 0.478 e. The molecule has 0 unspecified atom stereocenters. The van der Waals surface area contributed by atoms with Crippen molar-refractivity contribution >= 4 is 61.8 Å². The van der Waals surface area contributed by atoms with Gasteiger partial charge in [0.25, 0.3) is 0 Å². The van der Waals surface area contributed by atoms with Crippen molar-refractivity contribution in [2.45, 2.75) is 62.6 Å². The van der Waals surface area contributed by atoms with Crippen LogP contribution in [0.25, 0.3) is 21.5 Å². The zero-order chi connectivity index (χ0) is 27.7. The fourth-order valence-electron chi connectivity index (χ4n) is 5.98. The Labute approximate surface area is 241 Å². The van der Waals surface area contributed by atoms with Gasteiger partial charge in [0.2, 0.25) is 0 Å². The number of carboxylic acid groups (broad SMARTS) is 1. The molecule has 0 spiro atoms. The highest BCUT2D eigenvalue weighted by Gasteiger charge is 2.45. The fourth-order valence-corrected chi connectivity index (χ4v) is 7.72. The number of aromatic carboxylic acids is 1. The third-order valence-electron chi connectivity index (χ3n) is 7.94. The van der Waals surface area contributed by atoms with Crippen LogP contribution >= 0.6 is 34.5 Å². The van der Waals surface area contributed by atoms with E-state index in [2.05, 4.69) is 15.0 Å². The summed E-state index contributed by atoms with van der Waals surface area (Å²) < 4.78 is 26.8. The Morgan fingerprint density at radius 2 is 1.80 bits per heavy atom. The molecule has 2 aromatic heterocycles. The number of piperidine rings is 1. The number of carboxylic acids is 1. The van der Waals surface area contributed by atoms with Gasteiger partial charge in [0.15, 0.2) is 16.7 Å². The fraction of sp³-hybridized carbons (Fsp3) is 0.357. The zero-order valence-electron chi connectivity index (χ0n) is 20.9. The molecule has 8 nitrogen and oxygen atoms in total. The van der Waals surface area contributed by atoms with Crippen molar-refractivity contribution in [3.05, 3.63) is 63.1 Å². The summed E-state index contributed by atoms with van der Waals surface area (Å²) in [6, 6.07) is 7.67. The van der Waals surface area contributed by atoms with Crippen molar-refractivity contribution in [3.63, 3.8) is 0 Å². The first-order valence-electron chi connectivity index (χ1n) is 13.0. The minimum absolute atomic E-state index is 0.0574. The van der Waals surface area contributed by atoms with E-state index in [4.69, 9.17) is 32.5 Å². The van der Waals surface area contributed by atoms with Crippen LogP contribution in [0.15, 0.2) is 34.9 Å².